The Hall–Kier alpha value is -6.60. The molecule has 0 aliphatic carbocycles. The lowest BCUT2D eigenvalue weighted by atomic mass is 10.1. The average Bonchev–Trinajstić information content (AvgIpc) is 3.86. The van der Waals surface area contributed by atoms with Crippen molar-refractivity contribution in [1.29, 1.82) is 0 Å². The highest BCUT2D eigenvalue weighted by molar-refractivity contribution is 6.03. The van der Waals surface area contributed by atoms with Crippen LogP contribution < -0.4 is 22.4 Å². The lowest BCUT2D eigenvalue weighted by Gasteiger charge is -2.28. The van der Waals surface area contributed by atoms with Gasteiger partial charge in [-0.1, -0.05) is 0 Å². The second-order valence-corrected chi connectivity index (χ2v) is 12.9. The summed E-state index contributed by atoms with van der Waals surface area (Å²) in [5, 5.41) is 10.8. The zero-order chi connectivity index (χ0) is 40.1. The van der Waals surface area contributed by atoms with Gasteiger partial charge in [0, 0.05) is 31.3 Å². The number of carbonyl (C=O) groups is 4. The number of fused-ring (bicyclic) bond motifs is 2. The van der Waals surface area contributed by atoms with Gasteiger partial charge < -0.3 is 25.2 Å². The number of nitrogens with zero attached hydrogens (tertiary/aromatic N) is 9. The Bertz CT molecular complexity index is 2610. The van der Waals surface area contributed by atoms with Crippen molar-refractivity contribution in [3.63, 3.8) is 0 Å². The Labute approximate surface area is 309 Å². The molecule has 0 spiro atoms. The van der Waals surface area contributed by atoms with Gasteiger partial charge in [-0.2, -0.15) is 32.8 Å². The van der Waals surface area contributed by atoms with Crippen LogP contribution in [0.3, 0.4) is 0 Å². The van der Waals surface area contributed by atoms with Crippen molar-refractivity contribution in [3.8, 4) is 0 Å². The van der Waals surface area contributed by atoms with Crippen LogP contribution in [0.1, 0.15) is 66.9 Å². The smallest absolute Gasteiger partial charge is 0.329 e. The van der Waals surface area contributed by atoms with Gasteiger partial charge in [0.05, 0.1) is 46.5 Å². The van der Waals surface area contributed by atoms with Crippen molar-refractivity contribution >= 4 is 51.6 Å². The van der Waals surface area contributed by atoms with E-state index in [0.717, 1.165) is 4.57 Å². The monoisotopic (exact) mass is 764 g/mol. The van der Waals surface area contributed by atoms with Gasteiger partial charge in [0.1, 0.15) is 11.4 Å². The van der Waals surface area contributed by atoms with Gasteiger partial charge in [-0.05, 0) is 76.2 Å². The second-order valence-electron chi connectivity index (χ2n) is 12.9. The highest BCUT2D eigenvalue weighted by Crippen LogP contribution is 2.39. The summed E-state index contributed by atoms with van der Waals surface area (Å²) in [6, 6.07) is 10.2. The molecule has 0 radical (unpaired) electrons. The number of nitrogens with two attached hydrogens (primary N) is 2. The number of hydrogen-bond acceptors (Lipinski definition) is 7. The van der Waals surface area contributed by atoms with Crippen LogP contribution in [-0.2, 0) is 33.2 Å². The number of nitrogens with one attached hydrogen (secondary N) is 1. The van der Waals surface area contributed by atoms with Crippen LogP contribution in [0.5, 0.6) is 0 Å². The van der Waals surface area contributed by atoms with Crippen LogP contribution >= 0.6 is 0 Å². The fourth-order valence-corrected chi connectivity index (χ4v) is 6.27. The first kappa shape index (κ1) is 38.1. The number of carbonyl (C=O) groups excluding carboxylic acids is 4. The molecule has 4 heterocycles. The van der Waals surface area contributed by atoms with Gasteiger partial charge in [0.15, 0.2) is 0 Å². The number of anilines is 1. The van der Waals surface area contributed by atoms with E-state index in [0.29, 0.717) is 16.0 Å². The number of imidazole rings is 2. The lowest BCUT2D eigenvalue weighted by Crippen LogP contribution is -2.48. The minimum absolute atomic E-state index is 0.00639. The fourth-order valence-electron chi connectivity index (χ4n) is 6.27. The molecule has 0 atom stereocenters. The van der Waals surface area contributed by atoms with Crippen molar-refractivity contribution in [3.05, 3.63) is 88.1 Å². The molecule has 0 aliphatic heterocycles. The summed E-state index contributed by atoms with van der Waals surface area (Å²) in [5.41, 5.74) is 11.3. The van der Waals surface area contributed by atoms with E-state index in [2.05, 4.69) is 25.5 Å². The first-order valence-electron chi connectivity index (χ1n) is 16.9. The Morgan fingerprint density at radius 2 is 1.27 bits per heavy atom. The van der Waals surface area contributed by atoms with Crippen LogP contribution in [0.2, 0.25) is 0 Å². The van der Waals surface area contributed by atoms with E-state index in [9.17, 15) is 19.2 Å². The summed E-state index contributed by atoms with van der Waals surface area (Å²) >= 11 is 0. The number of primary amides is 2. The van der Waals surface area contributed by atoms with E-state index < -0.39 is 60.1 Å². The predicted octanol–water partition coefficient (Wildman–Crippen LogP) is 3.54. The Balaban J connectivity index is 1.45. The fraction of sp³-hybridized carbons (Fsp3) is 0.314. The van der Waals surface area contributed by atoms with Gasteiger partial charge in [0.2, 0.25) is 23.4 Å². The molecule has 0 aliphatic rings. The minimum atomic E-state index is -4.87. The molecule has 5 N–H and O–H groups in total. The quantitative estimate of drug-likeness (QED) is 0.158. The number of alkyl halides is 4. The van der Waals surface area contributed by atoms with E-state index in [1.54, 1.807) is 27.7 Å². The molecule has 20 heteroatoms. The Morgan fingerprint density at radius 3 is 1.85 bits per heavy atom. The normalized spacial score (nSPS) is 12.6. The number of halogens is 4. The van der Waals surface area contributed by atoms with Crippen LogP contribution in [0.4, 0.5) is 23.5 Å². The third-order valence-electron chi connectivity index (χ3n) is 9.02. The maximum Gasteiger partial charge on any atom is 0.329 e. The summed E-state index contributed by atoms with van der Waals surface area (Å²) in [7, 11) is 1.37. The largest absolute Gasteiger partial charge is 0.366 e. The number of hydrogen-bond donors (Lipinski definition) is 3. The molecule has 4 amide bonds. The van der Waals surface area contributed by atoms with E-state index in [4.69, 9.17) is 11.5 Å². The summed E-state index contributed by atoms with van der Waals surface area (Å²) in [6.45, 7) is 3.92. The van der Waals surface area contributed by atoms with Crippen molar-refractivity contribution in [2.24, 2.45) is 23.5 Å². The number of aryl methyl sites for hydroxylation is 5. The SMILES string of the molecule is CCn1nc(C)cc1C(=O)/N=c1\n(C)c2cc(C(N)=O)ccc2n1CC(F)(F)C(F)(F)Cn1c(NC(=O)c2cc(C)nn2CC)nc2cc(C(N)=O)ccc21. The molecule has 0 unspecified atom stereocenters. The maximum absolute atomic E-state index is 16.3. The molecule has 6 rings (SSSR count). The molecule has 0 saturated heterocycles. The van der Waals surface area contributed by atoms with Gasteiger partial charge >= 0.3 is 11.8 Å². The molecule has 0 saturated carbocycles. The first-order chi connectivity index (χ1) is 25.8. The maximum atomic E-state index is 16.3. The van der Waals surface area contributed by atoms with Crippen molar-refractivity contribution in [2.75, 3.05) is 5.32 Å². The third-order valence-corrected chi connectivity index (χ3v) is 9.02. The lowest BCUT2D eigenvalue weighted by molar-refractivity contribution is -0.221. The van der Waals surface area contributed by atoms with Crippen LogP contribution in [0.15, 0.2) is 53.5 Å². The van der Waals surface area contributed by atoms with E-state index in [-0.39, 0.29) is 57.7 Å². The Morgan fingerprint density at radius 1 is 0.745 bits per heavy atom. The molecular weight excluding hydrogens is 728 g/mol. The molecule has 6 aromatic rings. The molecule has 55 heavy (non-hydrogen) atoms. The van der Waals surface area contributed by atoms with E-state index in [1.165, 1.54) is 69.5 Å². The number of benzene rings is 2. The van der Waals surface area contributed by atoms with Crippen LogP contribution in [0.25, 0.3) is 22.1 Å². The second kappa shape index (κ2) is 14.0. The van der Waals surface area contributed by atoms with Crippen molar-refractivity contribution in [1.82, 2.24) is 38.2 Å². The molecule has 4 aromatic heterocycles. The summed E-state index contributed by atoms with van der Waals surface area (Å²) < 4.78 is 70.7. The molecule has 2 aromatic carbocycles. The number of aromatic nitrogens is 8. The first-order valence-corrected chi connectivity index (χ1v) is 16.9. The Kier molecular flexibility index (Phi) is 9.70. The van der Waals surface area contributed by atoms with Gasteiger partial charge in [-0.3, -0.25) is 33.9 Å². The zero-order valence-corrected chi connectivity index (χ0v) is 30.3. The van der Waals surface area contributed by atoms with Crippen LogP contribution in [-0.4, -0.2) is 73.7 Å². The minimum Gasteiger partial charge on any atom is -0.366 e. The number of amides is 4. The molecule has 16 nitrogen and oxygen atoms in total. The molecule has 0 bridgehead atoms. The molecule has 0 fully saturated rings. The van der Waals surface area contributed by atoms with E-state index >= 15 is 17.6 Å². The standard InChI is InChI=1S/C35H36F4N12O4/c1-6-50-26(12-18(3)45-50)30(54)43-32-42-22-14-20(28(40)52)8-10-23(22)48(32)16-34(36,37)35(38,39)17-49-24-11-9-21(29(41)53)15-25(24)47(5)33(49)44-31(55)27-13-19(4)46-51(27)7-2/h8-15H,6-7,16-17H2,1-5H3,(H2,40,52)(H2,41,53)(H,42,43,54)/b44-33+. The van der Waals surface area contributed by atoms with Gasteiger partial charge in [-0.15, -0.1) is 0 Å². The van der Waals surface area contributed by atoms with E-state index in [1.807, 2.05) is 0 Å². The van der Waals surface area contributed by atoms with Crippen molar-refractivity contribution in [2.45, 2.75) is 65.7 Å². The zero-order valence-electron chi connectivity index (χ0n) is 30.3. The number of rotatable bonds is 12. The van der Waals surface area contributed by atoms with Gasteiger partial charge in [-0.25, -0.2) is 4.98 Å². The summed E-state index contributed by atoms with van der Waals surface area (Å²) in [6.07, 6.45) is 0. The molecular formula is C35H36F4N12O4. The highest BCUT2D eigenvalue weighted by atomic mass is 19.3. The van der Waals surface area contributed by atoms with Gasteiger partial charge in [0.25, 0.3) is 11.8 Å². The third kappa shape index (κ3) is 6.97. The predicted molar refractivity (Wildman–Crippen MR) is 191 cm³/mol. The summed E-state index contributed by atoms with van der Waals surface area (Å²) in [5.74, 6) is -13.6. The van der Waals surface area contributed by atoms with Crippen molar-refractivity contribution < 1.29 is 36.7 Å². The topological polar surface area (TPSA) is 208 Å². The summed E-state index contributed by atoms with van der Waals surface area (Å²) in [4.78, 5) is 59.0. The highest BCUT2D eigenvalue weighted by Gasteiger charge is 2.57. The molecule has 288 valence electrons. The van der Waals surface area contributed by atoms with Crippen LogP contribution in [0, 0.1) is 13.8 Å². The average molecular weight is 765 g/mol.